The molecule has 3 rings (SSSR count). The summed E-state index contributed by atoms with van der Waals surface area (Å²) in [6, 6.07) is -0.889. The van der Waals surface area contributed by atoms with Crippen molar-refractivity contribution in [3.63, 3.8) is 0 Å². The summed E-state index contributed by atoms with van der Waals surface area (Å²) in [6.07, 6.45) is 35.8. The Morgan fingerprint density at radius 3 is 1.24 bits per heavy atom. The zero-order chi connectivity index (χ0) is 63.3. The largest absolute Gasteiger partial charge is 0.394 e. The first-order valence-corrected chi connectivity index (χ1v) is 33.3. The second-order valence-corrected chi connectivity index (χ2v) is 23.6. The number of unbranched alkanes of at least 4 members (excludes halogenated alkanes) is 19. The summed E-state index contributed by atoms with van der Waals surface area (Å²) in [5.74, 6) is -0.252. The highest BCUT2D eigenvalue weighted by Gasteiger charge is 2.53. The number of aliphatic hydroxyl groups excluding tert-OH is 11. The van der Waals surface area contributed by atoms with E-state index < -0.39 is 124 Å². The van der Waals surface area contributed by atoms with E-state index in [2.05, 4.69) is 104 Å². The molecule has 17 unspecified atom stereocenters. The lowest BCUT2D eigenvalue weighted by Gasteiger charge is -2.48. The van der Waals surface area contributed by atoms with Crippen LogP contribution in [0.2, 0.25) is 0 Å². The minimum absolute atomic E-state index is 0.252. The monoisotopic (exact) mass is 1240 g/mol. The number of carbonyl (C=O) groups is 1. The van der Waals surface area contributed by atoms with E-state index in [0.29, 0.717) is 12.8 Å². The number of carbonyl (C=O) groups excluding carboxylic acids is 1. The van der Waals surface area contributed by atoms with Crippen LogP contribution < -0.4 is 5.32 Å². The van der Waals surface area contributed by atoms with Crippen molar-refractivity contribution in [2.45, 2.75) is 311 Å². The molecule has 502 valence electrons. The van der Waals surface area contributed by atoms with Crippen LogP contribution in [0.1, 0.15) is 206 Å². The predicted molar refractivity (Wildman–Crippen MR) is 337 cm³/mol. The van der Waals surface area contributed by atoms with Crippen molar-refractivity contribution in [3.8, 4) is 0 Å². The quantitative estimate of drug-likeness (QED) is 0.0203. The van der Waals surface area contributed by atoms with Crippen LogP contribution in [-0.4, -0.2) is 193 Å². The molecule has 3 aliphatic heterocycles. The van der Waals surface area contributed by atoms with Crippen LogP contribution in [0, 0.1) is 0 Å². The van der Waals surface area contributed by atoms with Crippen molar-refractivity contribution in [2.75, 3.05) is 26.4 Å². The Labute approximate surface area is 520 Å². The van der Waals surface area contributed by atoms with Crippen molar-refractivity contribution >= 4 is 5.91 Å². The molecular weight excluding hydrogens is 1120 g/mol. The molecule has 87 heavy (non-hydrogen) atoms. The number of aliphatic hydroxyl groups is 11. The molecule has 1 amide bonds. The number of allylic oxidation sites excluding steroid dienone is 14. The second kappa shape index (κ2) is 49.6. The van der Waals surface area contributed by atoms with Gasteiger partial charge in [-0.15, -0.1) is 0 Å². The first-order chi connectivity index (χ1) is 42.3. The lowest BCUT2D eigenvalue weighted by atomic mass is 9.96. The summed E-state index contributed by atoms with van der Waals surface area (Å²) in [7, 11) is 0. The van der Waals surface area contributed by atoms with E-state index >= 15 is 0 Å². The molecule has 0 spiro atoms. The lowest BCUT2D eigenvalue weighted by Crippen LogP contribution is -2.66. The minimum Gasteiger partial charge on any atom is -0.394 e. The molecule has 0 aromatic heterocycles. The summed E-state index contributed by atoms with van der Waals surface area (Å²) in [4.78, 5) is 13.3. The fourth-order valence-corrected chi connectivity index (χ4v) is 10.8. The van der Waals surface area contributed by atoms with Crippen LogP contribution >= 0.6 is 0 Å². The smallest absolute Gasteiger partial charge is 0.220 e. The summed E-state index contributed by atoms with van der Waals surface area (Å²) in [5, 5.41) is 120. The highest BCUT2D eigenvalue weighted by atomic mass is 16.8. The van der Waals surface area contributed by atoms with Crippen LogP contribution in [0.5, 0.6) is 0 Å². The van der Waals surface area contributed by atoms with Crippen LogP contribution in [0.4, 0.5) is 0 Å². The molecule has 3 fully saturated rings. The van der Waals surface area contributed by atoms with Gasteiger partial charge in [-0.05, 0) is 70.6 Å². The number of hydrogen-bond donors (Lipinski definition) is 12. The minimum atomic E-state index is -1.97. The number of hydrogen-bond acceptors (Lipinski definition) is 18. The SMILES string of the molecule is CC/C=C\C/C=C\C/C=C\C/C=C\C/C=C\C/C=C\C/C=C\CCCCCCCCCCCCCCCC(=O)NC(COC1OC(CO)C(OC2OC(CO)C(OC3OC(CO)C(O)C(O)C3O)C(O)C2O)C(O)C1O)C(O)CCCCCCCCC. The Morgan fingerprint density at radius 2 is 0.793 bits per heavy atom. The maximum atomic E-state index is 13.3. The van der Waals surface area contributed by atoms with Gasteiger partial charge >= 0.3 is 0 Å². The number of ether oxygens (including phenoxy) is 6. The van der Waals surface area contributed by atoms with Crippen molar-refractivity contribution in [1.29, 1.82) is 0 Å². The standard InChI is InChI=1S/C68H117NO18/c1-3-5-7-9-11-12-13-14-15-16-17-18-19-20-21-22-23-24-25-26-27-28-29-30-31-32-33-34-35-36-37-38-40-42-44-46-56(74)69-51(52(73)45-43-41-39-10-8-6-4-2)50-82-66-62(80)59(77)64(54(48-71)84-66)87-68-63(81)60(78)65(55(49-72)85-68)86-67-61(79)58(76)57(75)53(47-70)83-67/h5,7,11-12,14-15,17-18,20-21,23-24,26-27,51-55,57-68,70-73,75-81H,3-4,6,8-10,13,16,19,22,25,28-50H2,1-2H3,(H,69,74)/b7-5-,12-11-,15-14-,18-17-,21-20-,24-23-,27-26-. The number of nitrogens with one attached hydrogen (secondary N) is 1. The first-order valence-electron chi connectivity index (χ1n) is 33.3. The Hall–Kier alpha value is -3.03. The van der Waals surface area contributed by atoms with Gasteiger partial charge in [0.15, 0.2) is 18.9 Å². The van der Waals surface area contributed by atoms with E-state index in [1.54, 1.807) is 0 Å². The summed E-state index contributed by atoms with van der Waals surface area (Å²) in [5.41, 5.74) is 0. The van der Waals surface area contributed by atoms with Gasteiger partial charge in [0.25, 0.3) is 0 Å². The van der Waals surface area contributed by atoms with Crippen molar-refractivity contribution in [2.24, 2.45) is 0 Å². The molecule has 0 bridgehead atoms. The molecule has 0 aromatic rings. The van der Waals surface area contributed by atoms with Crippen molar-refractivity contribution < 1.29 is 89.4 Å². The Morgan fingerprint density at radius 1 is 0.425 bits per heavy atom. The topological polar surface area (TPSA) is 307 Å². The van der Waals surface area contributed by atoms with E-state index in [4.69, 9.17) is 28.4 Å². The predicted octanol–water partition coefficient (Wildman–Crippen LogP) is 7.93. The molecule has 17 atom stereocenters. The Kier molecular flexibility index (Phi) is 44.6. The van der Waals surface area contributed by atoms with E-state index in [1.165, 1.54) is 64.2 Å². The molecule has 0 aromatic carbocycles. The molecule has 12 N–H and O–H groups in total. The third-order valence-corrected chi connectivity index (χ3v) is 16.2. The molecule has 0 aliphatic carbocycles. The third-order valence-electron chi connectivity index (χ3n) is 16.2. The molecule has 3 saturated heterocycles. The zero-order valence-electron chi connectivity index (χ0n) is 52.7. The van der Waals surface area contributed by atoms with E-state index in [-0.39, 0.29) is 18.9 Å². The van der Waals surface area contributed by atoms with Crippen molar-refractivity contribution in [1.82, 2.24) is 5.32 Å². The Bertz CT molecular complexity index is 1910. The van der Waals surface area contributed by atoms with Gasteiger partial charge in [0.1, 0.15) is 73.2 Å². The van der Waals surface area contributed by atoms with Crippen LogP contribution in [0.15, 0.2) is 85.1 Å². The molecule has 19 heteroatoms. The van der Waals surface area contributed by atoms with Crippen LogP contribution in [-0.2, 0) is 33.2 Å². The first kappa shape index (κ1) is 78.2. The highest BCUT2D eigenvalue weighted by molar-refractivity contribution is 5.76. The Balaban J connectivity index is 1.30. The number of amides is 1. The lowest BCUT2D eigenvalue weighted by molar-refractivity contribution is -0.379. The van der Waals surface area contributed by atoms with Gasteiger partial charge in [-0.2, -0.15) is 0 Å². The highest BCUT2D eigenvalue weighted by Crippen LogP contribution is 2.33. The van der Waals surface area contributed by atoms with E-state index in [0.717, 1.165) is 109 Å². The van der Waals surface area contributed by atoms with Gasteiger partial charge in [0, 0.05) is 6.42 Å². The molecule has 3 aliphatic rings. The molecule has 3 heterocycles. The van der Waals surface area contributed by atoms with Gasteiger partial charge < -0.3 is 89.9 Å². The fraction of sp³-hybridized carbons (Fsp3) is 0.779. The maximum Gasteiger partial charge on any atom is 0.220 e. The molecule has 19 nitrogen and oxygen atoms in total. The van der Waals surface area contributed by atoms with Gasteiger partial charge in [-0.3, -0.25) is 4.79 Å². The van der Waals surface area contributed by atoms with Crippen LogP contribution in [0.25, 0.3) is 0 Å². The van der Waals surface area contributed by atoms with Gasteiger partial charge in [-0.25, -0.2) is 0 Å². The van der Waals surface area contributed by atoms with Gasteiger partial charge in [-0.1, -0.05) is 214 Å². The fourth-order valence-electron chi connectivity index (χ4n) is 10.8. The third kappa shape index (κ3) is 32.2. The maximum absolute atomic E-state index is 13.3. The molecule has 0 radical (unpaired) electrons. The zero-order valence-corrected chi connectivity index (χ0v) is 52.7. The second-order valence-electron chi connectivity index (χ2n) is 23.6. The van der Waals surface area contributed by atoms with Gasteiger partial charge in [0.05, 0.1) is 38.6 Å². The van der Waals surface area contributed by atoms with E-state index in [1.807, 2.05) is 0 Å². The molecular formula is C68H117NO18. The van der Waals surface area contributed by atoms with Crippen molar-refractivity contribution in [3.05, 3.63) is 85.1 Å². The summed E-state index contributed by atoms with van der Waals surface area (Å²) in [6.45, 7) is 1.60. The summed E-state index contributed by atoms with van der Waals surface area (Å²) >= 11 is 0. The normalized spacial score (nSPS) is 29.1. The average molecular weight is 1240 g/mol. The summed E-state index contributed by atoms with van der Waals surface area (Å²) < 4.78 is 34.2. The van der Waals surface area contributed by atoms with Gasteiger partial charge in [0.2, 0.25) is 5.91 Å². The average Bonchev–Trinajstić information content (AvgIpc) is 2.35. The number of rotatable bonds is 49. The van der Waals surface area contributed by atoms with E-state index in [9.17, 15) is 61.0 Å². The van der Waals surface area contributed by atoms with Crippen LogP contribution in [0.3, 0.4) is 0 Å². The molecule has 0 saturated carbocycles.